The standard InChI is InChI=1S/C4H7BO4/c6-4(7)5-2-1-3-8-9-5/h1-3H2,(H,6,7). The Morgan fingerprint density at radius 1 is 1.67 bits per heavy atom. The second-order valence-electron chi connectivity index (χ2n) is 1.89. The predicted octanol–water partition coefficient (Wildman–Crippen LogP) is 0.589. The van der Waals surface area contributed by atoms with E-state index < -0.39 is 12.8 Å². The van der Waals surface area contributed by atoms with E-state index in [1.807, 2.05) is 0 Å². The molecule has 1 rings (SSSR count). The van der Waals surface area contributed by atoms with Crippen molar-refractivity contribution in [1.82, 2.24) is 0 Å². The maximum atomic E-state index is 10.1. The molecule has 0 radical (unpaired) electrons. The molecule has 0 unspecified atom stereocenters. The quantitative estimate of drug-likeness (QED) is 0.416. The highest BCUT2D eigenvalue weighted by atomic mass is 17.2. The number of hydrogen-bond acceptors (Lipinski definition) is 3. The van der Waals surface area contributed by atoms with Crippen molar-refractivity contribution in [2.45, 2.75) is 12.7 Å². The van der Waals surface area contributed by atoms with Crippen molar-refractivity contribution in [2.75, 3.05) is 6.61 Å². The van der Waals surface area contributed by atoms with E-state index in [9.17, 15) is 4.79 Å². The van der Waals surface area contributed by atoms with Gasteiger partial charge in [-0.2, -0.15) is 0 Å². The molecule has 1 aliphatic rings. The van der Waals surface area contributed by atoms with E-state index in [0.29, 0.717) is 12.9 Å². The molecular formula is C4H7BO4. The van der Waals surface area contributed by atoms with Crippen molar-refractivity contribution in [3.63, 3.8) is 0 Å². The zero-order chi connectivity index (χ0) is 6.69. The summed E-state index contributed by atoms with van der Waals surface area (Å²) in [6.07, 6.45) is 1.31. The highest BCUT2D eigenvalue weighted by Gasteiger charge is 2.29. The van der Waals surface area contributed by atoms with Gasteiger partial charge in [0.05, 0.1) is 6.61 Å². The van der Waals surface area contributed by atoms with E-state index in [2.05, 4.69) is 9.69 Å². The summed E-state index contributed by atoms with van der Waals surface area (Å²) in [5, 5.41) is 8.33. The van der Waals surface area contributed by atoms with Crippen LogP contribution in [0.25, 0.3) is 0 Å². The van der Waals surface area contributed by atoms with E-state index in [1.165, 1.54) is 0 Å². The third-order valence-electron chi connectivity index (χ3n) is 1.15. The highest BCUT2D eigenvalue weighted by Crippen LogP contribution is 2.07. The summed E-state index contributed by atoms with van der Waals surface area (Å²) in [5.74, 6) is -0.949. The lowest BCUT2D eigenvalue weighted by atomic mass is 9.64. The predicted molar refractivity (Wildman–Crippen MR) is 30.2 cm³/mol. The van der Waals surface area contributed by atoms with Gasteiger partial charge in [-0.25, -0.2) is 0 Å². The summed E-state index contributed by atoms with van der Waals surface area (Å²) in [6, 6.07) is 0. The molecule has 1 saturated heterocycles. The van der Waals surface area contributed by atoms with Crippen molar-refractivity contribution in [1.29, 1.82) is 0 Å². The van der Waals surface area contributed by atoms with E-state index in [1.54, 1.807) is 0 Å². The van der Waals surface area contributed by atoms with Crippen LogP contribution < -0.4 is 0 Å². The summed E-state index contributed by atoms with van der Waals surface area (Å²) >= 11 is 0. The molecule has 1 fully saturated rings. The molecule has 1 N–H and O–H groups in total. The lowest BCUT2D eigenvalue weighted by Crippen LogP contribution is -2.32. The molecule has 50 valence electrons. The Morgan fingerprint density at radius 2 is 2.44 bits per heavy atom. The van der Waals surface area contributed by atoms with Crippen LogP contribution in [0, 0.1) is 0 Å². The third kappa shape index (κ3) is 1.69. The van der Waals surface area contributed by atoms with Crippen molar-refractivity contribution in [3.8, 4) is 0 Å². The molecule has 1 heterocycles. The summed E-state index contributed by atoms with van der Waals surface area (Å²) in [4.78, 5) is 19.1. The maximum absolute atomic E-state index is 10.1. The second-order valence-corrected chi connectivity index (χ2v) is 1.89. The smallest absolute Gasteiger partial charge is 0.465 e. The van der Waals surface area contributed by atoms with Crippen LogP contribution in [-0.2, 0) is 9.69 Å². The Balaban J connectivity index is 2.31. The minimum atomic E-state index is -0.949. The molecule has 0 bridgehead atoms. The van der Waals surface area contributed by atoms with Crippen LogP contribution in [0.1, 0.15) is 6.42 Å². The summed E-state index contributed by atoms with van der Waals surface area (Å²) in [7, 11) is 0. The minimum absolute atomic E-state index is 0.504. The molecule has 0 aromatic carbocycles. The fourth-order valence-electron chi connectivity index (χ4n) is 0.671. The molecule has 0 atom stereocenters. The number of hydrogen-bond donors (Lipinski definition) is 1. The molecule has 5 heteroatoms. The van der Waals surface area contributed by atoms with Crippen LogP contribution in [0.2, 0.25) is 6.32 Å². The molecular weight excluding hydrogens is 123 g/mol. The lowest BCUT2D eigenvalue weighted by Gasteiger charge is -2.13. The van der Waals surface area contributed by atoms with Crippen LogP contribution in [0.3, 0.4) is 0 Å². The summed E-state index contributed by atoms with van der Waals surface area (Å²) in [6.45, 7) is -0.247. The van der Waals surface area contributed by atoms with Gasteiger partial charge in [0.2, 0.25) is 0 Å². The monoisotopic (exact) mass is 130 g/mol. The summed E-state index contributed by atoms with van der Waals surface area (Å²) in [5.41, 5.74) is 0. The van der Waals surface area contributed by atoms with Crippen LogP contribution in [-0.4, -0.2) is 24.5 Å². The fraction of sp³-hybridized carbons (Fsp3) is 0.750. The average Bonchev–Trinajstić information content (AvgIpc) is 1.90. The van der Waals surface area contributed by atoms with Crippen LogP contribution in [0.15, 0.2) is 0 Å². The number of rotatable bonds is 1. The van der Waals surface area contributed by atoms with Gasteiger partial charge in [0, 0.05) is 0 Å². The van der Waals surface area contributed by atoms with Crippen LogP contribution in [0.4, 0.5) is 4.79 Å². The zero-order valence-corrected chi connectivity index (χ0v) is 4.87. The molecule has 0 aliphatic carbocycles. The molecule has 0 saturated carbocycles. The SMILES string of the molecule is O=C(O)B1CCCOO1. The van der Waals surface area contributed by atoms with E-state index in [-0.39, 0.29) is 0 Å². The average molecular weight is 130 g/mol. The lowest BCUT2D eigenvalue weighted by molar-refractivity contribution is -0.221. The zero-order valence-electron chi connectivity index (χ0n) is 4.87. The first-order valence-corrected chi connectivity index (χ1v) is 2.82. The Morgan fingerprint density at radius 3 is 2.78 bits per heavy atom. The van der Waals surface area contributed by atoms with Crippen molar-refractivity contribution < 1.29 is 19.6 Å². The van der Waals surface area contributed by atoms with E-state index >= 15 is 0 Å². The number of carbonyl (C=O) groups is 1. The van der Waals surface area contributed by atoms with Gasteiger partial charge >= 0.3 is 6.92 Å². The Labute approximate surface area is 52.8 Å². The molecule has 0 aromatic rings. The van der Waals surface area contributed by atoms with Gasteiger partial charge in [0.25, 0.3) is 5.87 Å². The third-order valence-corrected chi connectivity index (χ3v) is 1.15. The Bertz CT molecular complexity index is 109. The van der Waals surface area contributed by atoms with Crippen LogP contribution in [0.5, 0.6) is 0 Å². The van der Waals surface area contributed by atoms with Gasteiger partial charge in [0.1, 0.15) is 0 Å². The largest absolute Gasteiger partial charge is 0.487 e. The summed E-state index contributed by atoms with van der Waals surface area (Å²) < 4.78 is 0. The molecule has 9 heavy (non-hydrogen) atoms. The van der Waals surface area contributed by atoms with Crippen LogP contribution >= 0.6 is 0 Å². The normalized spacial score (nSPS) is 19.8. The van der Waals surface area contributed by atoms with Crippen molar-refractivity contribution in [2.24, 2.45) is 0 Å². The first-order valence-electron chi connectivity index (χ1n) is 2.82. The Kier molecular flexibility index (Phi) is 2.08. The Hall–Kier alpha value is -0.545. The first-order chi connectivity index (χ1) is 4.30. The maximum Gasteiger partial charge on any atom is 0.465 e. The van der Waals surface area contributed by atoms with Crippen molar-refractivity contribution in [3.05, 3.63) is 0 Å². The highest BCUT2D eigenvalue weighted by molar-refractivity contribution is 6.83. The van der Waals surface area contributed by atoms with E-state index in [0.717, 1.165) is 6.42 Å². The van der Waals surface area contributed by atoms with Gasteiger partial charge < -0.3 is 5.11 Å². The number of carboxylic acid groups (broad SMARTS) is 1. The molecule has 4 nitrogen and oxygen atoms in total. The molecule has 0 aromatic heterocycles. The van der Waals surface area contributed by atoms with Gasteiger partial charge in [0.15, 0.2) is 0 Å². The second kappa shape index (κ2) is 2.84. The first kappa shape index (κ1) is 6.57. The molecule has 0 amide bonds. The topological polar surface area (TPSA) is 55.8 Å². The van der Waals surface area contributed by atoms with Gasteiger partial charge in [-0.05, 0) is 12.7 Å². The molecule has 0 spiro atoms. The van der Waals surface area contributed by atoms with Gasteiger partial charge in [-0.3, -0.25) is 14.5 Å². The van der Waals surface area contributed by atoms with Gasteiger partial charge in [-0.1, -0.05) is 0 Å². The fourth-order valence-corrected chi connectivity index (χ4v) is 0.671. The van der Waals surface area contributed by atoms with E-state index in [4.69, 9.17) is 5.11 Å². The van der Waals surface area contributed by atoms with Crippen molar-refractivity contribution >= 4 is 12.8 Å². The van der Waals surface area contributed by atoms with Gasteiger partial charge in [-0.15, -0.1) is 0 Å². The minimum Gasteiger partial charge on any atom is -0.487 e. The molecule has 1 aliphatic heterocycles.